The summed E-state index contributed by atoms with van der Waals surface area (Å²) in [4.78, 5) is 11.5. The van der Waals surface area contributed by atoms with Crippen LogP contribution in [0.4, 0.5) is 0 Å². The Kier molecular flexibility index (Phi) is 14.5. The Balaban J connectivity index is -0.000000563. The van der Waals surface area contributed by atoms with Gasteiger partial charge in [-0.2, -0.15) is 0 Å². The second-order valence-electron chi connectivity index (χ2n) is 3.03. The molecule has 0 aliphatic carbocycles. The Labute approximate surface area is 137 Å². The van der Waals surface area contributed by atoms with E-state index in [4.69, 9.17) is 0 Å². The molecule has 0 saturated heterocycles. The summed E-state index contributed by atoms with van der Waals surface area (Å²) in [7, 11) is 0. The van der Waals surface area contributed by atoms with Crippen LogP contribution in [0.5, 0.6) is 0 Å². The van der Waals surface area contributed by atoms with E-state index in [2.05, 4.69) is 5.32 Å². The number of nitrogens with zero attached hydrogens (tertiary/aromatic N) is 1. The molecule has 1 aromatic rings. The average Bonchev–Trinajstić information content (AvgIpc) is 2.10. The monoisotopic (exact) mass is 514 g/mol. The van der Waals surface area contributed by atoms with E-state index in [-0.39, 0.29) is 65.7 Å². The fourth-order valence-corrected chi connectivity index (χ4v) is 1.21. The fourth-order valence-electron chi connectivity index (χ4n) is 1.21. The number of hydrogen-bond donors (Lipinski definition) is 0. The molecule has 1 rings (SSSR count). The van der Waals surface area contributed by atoms with Crippen LogP contribution in [-0.2, 0) is 25.8 Å². The van der Waals surface area contributed by atoms with E-state index in [1.807, 2.05) is 39.0 Å². The molecular weight excluding hydrogens is 500 g/mol. The van der Waals surface area contributed by atoms with Crippen molar-refractivity contribution in [2.24, 2.45) is 0 Å². The molecule has 1 amide bonds. The maximum atomic E-state index is 11.5. The first-order valence-electron chi connectivity index (χ1n) is 4.45. The van der Waals surface area contributed by atoms with Crippen molar-refractivity contribution in [1.29, 1.82) is 0 Å². The zero-order chi connectivity index (χ0) is 9.84. The Hall–Kier alpha value is 0.520. The molecule has 0 saturated carbocycles. The van der Waals surface area contributed by atoms with Gasteiger partial charge in [-0.1, -0.05) is 25.1 Å². The standard InChI is InChI=1S/C11H15NO.2BrH.Hf/c1-4-12-11(13)10-7-5-6-8(2)9(10)3;;;/h5-7H,4H2,1-3H3,(H,12,13);2*1H;/p-3. The number of hydrogen-bond acceptors (Lipinski definition) is 1. The summed E-state index contributed by atoms with van der Waals surface area (Å²) in [5.41, 5.74) is 2.89. The van der Waals surface area contributed by atoms with Crippen molar-refractivity contribution in [1.82, 2.24) is 0 Å². The third-order valence-corrected chi connectivity index (χ3v) is 2.14. The second kappa shape index (κ2) is 10.7. The van der Waals surface area contributed by atoms with Gasteiger partial charge in [0.15, 0.2) is 0 Å². The molecule has 0 radical (unpaired) electrons. The van der Waals surface area contributed by atoms with Crippen molar-refractivity contribution in [3.63, 3.8) is 0 Å². The molecule has 90 valence electrons. The van der Waals surface area contributed by atoms with Crippen LogP contribution in [-0.4, -0.2) is 12.5 Å². The molecule has 16 heavy (non-hydrogen) atoms. The number of amides is 1. The molecule has 0 aliphatic rings. The van der Waals surface area contributed by atoms with E-state index >= 15 is 0 Å². The zero-order valence-corrected chi connectivity index (χ0v) is 16.3. The van der Waals surface area contributed by atoms with E-state index in [0.717, 1.165) is 16.7 Å². The predicted molar refractivity (Wildman–Crippen MR) is 54.1 cm³/mol. The number of halogens is 2. The summed E-state index contributed by atoms with van der Waals surface area (Å²) in [5.74, 6) is -0.108. The van der Waals surface area contributed by atoms with Crippen LogP contribution < -0.4 is 34.0 Å². The summed E-state index contributed by atoms with van der Waals surface area (Å²) in [6, 6.07) is 5.71. The van der Waals surface area contributed by atoms with E-state index in [1.165, 1.54) is 0 Å². The number of benzene rings is 1. The van der Waals surface area contributed by atoms with Gasteiger partial charge in [-0.15, -0.1) is 6.54 Å². The average molecular weight is 515 g/mol. The van der Waals surface area contributed by atoms with E-state index in [0.29, 0.717) is 6.54 Å². The van der Waals surface area contributed by atoms with Gasteiger partial charge in [0.25, 0.3) is 0 Å². The zero-order valence-electron chi connectivity index (χ0n) is 9.55. The van der Waals surface area contributed by atoms with Gasteiger partial charge in [0.05, 0.1) is 5.91 Å². The number of rotatable bonds is 2. The third-order valence-electron chi connectivity index (χ3n) is 2.14. The molecule has 0 fully saturated rings. The second-order valence-corrected chi connectivity index (χ2v) is 3.03. The molecule has 0 spiro atoms. The molecule has 0 aliphatic heterocycles. The summed E-state index contributed by atoms with van der Waals surface area (Å²) < 4.78 is 0. The predicted octanol–water partition coefficient (Wildman–Crippen LogP) is -3.16. The largest absolute Gasteiger partial charge is 1.00 e. The van der Waals surface area contributed by atoms with Crippen molar-refractivity contribution in [3.05, 3.63) is 40.2 Å². The molecule has 0 N–H and O–H groups in total. The molecule has 0 aromatic heterocycles. The fraction of sp³-hybridized carbons (Fsp3) is 0.364. The topological polar surface area (TPSA) is 31.2 Å². The smallest absolute Gasteiger partial charge is 0.0822 e. The van der Waals surface area contributed by atoms with Crippen molar-refractivity contribution < 1.29 is 64.6 Å². The molecule has 0 atom stereocenters. The first kappa shape index (κ1) is 21.8. The molecule has 1 aromatic carbocycles. The van der Waals surface area contributed by atoms with Crippen molar-refractivity contribution in [3.8, 4) is 0 Å². The molecule has 0 bridgehead atoms. The van der Waals surface area contributed by atoms with Crippen molar-refractivity contribution in [2.75, 3.05) is 6.54 Å². The van der Waals surface area contributed by atoms with Crippen LogP contribution in [0.3, 0.4) is 0 Å². The van der Waals surface area contributed by atoms with Crippen LogP contribution in [0.1, 0.15) is 28.4 Å². The maximum Gasteiger partial charge on any atom is 0.0822 e. The van der Waals surface area contributed by atoms with Gasteiger partial charge in [0.1, 0.15) is 0 Å². The van der Waals surface area contributed by atoms with E-state index in [9.17, 15) is 4.79 Å². The summed E-state index contributed by atoms with van der Waals surface area (Å²) in [6.07, 6.45) is 0. The van der Waals surface area contributed by atoms with Gasteiger partial charge in [0, 0.05) is 31.4 Å². The van der Waals surface area contributed by atoms with Gasteiger partial charge >= 0.3 is 0 Å². The minimum Gasteiger partial charge on any atom is -1.00 e. The number of aryl methyl sites for hydroxylation is 1. The summed E-state index contributed by atoms with van der Waals surface area (Å²) >= 11 is 0. The van der Waals surface area contributed by atoms with Gasteiger partial charge in [0.2, 0.25) is 0 Å². The molecular formula is C11H14Br2HfNO-3. The summed E-state index contributed by atoms with van der Waals surface area (Å²) in [5, 5.41) is 3.86. The van der Waals surface area contributed by atoms with Crippen molar-refractivity contribution in [2.45, 2.75) is 20.8 Å². The first-order chi connectivity index (χ1) is 6.16. The van der Waals surface area contributed by atoms with Gasteiger partial charge in [-0.25, -0.2) is 0 Å². The van der Waals surface area contributed by atoms with Gasteiger partial charge in [-0.05, 0) is 25.0 Å². The van der Waals surface area contributed by atoms with E-state index < -0.39 is 0 Å². The molecule has 0 heterocycles. The van der Waals surface area contributed by atoms with E-state index in [1.54, 1.807) is 0 Å². The normalized spacial score (nSPS) is 7.94. The minimum absolute atomic E-state index is 0. The number of carbonyl (C=O) groups excluding carboxylic acids is 1. The Morgan fingerprint density at radius 2 is 1.81 bits per heavy atom. The molecule has 0 unspecified atom stereocenters. The SMILES string of the molecule is CC[N-]C(=O)c1cccc(C)c1C.[Br-].[Br-].[Hf]. The molecule has 5 heteroatoms. The molecule has 2 nitrogen and oxygen atoms in total. The Morgan fingerprint density at radius 1 is 1.25 bits per heavy atom. The van der Waals surface area contributed by atoms with Crippen LogP contribution in [0, 0.1) is 13.8 Å². The Bertz CT molecular complexity index is 332. The third kappa shape index (κ3) is 5.73. The van der Waals surface area contributed by atoms with Crippen LogP contribution in [0.15, 0.2) is 18.2 Å². The Morgan fingerprint density at radius 3 is 2.31 bits per heavy atom. The first-order valence-corrected chi connectivity index (χ1v) is 4.45. The number of carbonyl (C=O) groups is 1. The quantitative estimate of drug-likeness (QED) is 0.384. The van der Waals surface area contributed by atoms with Gasteiger partial charge < -0.3 is 44.1 Å². The minimum atomic E-state index is -0.108. The summed E-state index contributed by atoms with van der Waals surface area (Å²) in [6.45, 7) is 6.36. The van der Waals surface area contributed by atoms with Gasteiger partial charge in [-0.3, -0.25) is 0 Å². The van der Waals surface area contributed by atoms with Crippen LogP contribution >= 0.6 is 0 Å². The van der Waals surface area contributed by atoms with Crippen LogP contribution in [0.2, 0.25) is 0 Å². The van der Waals surface area contributed by atoms with Crippen molar-refractivity contribution >= 4 is 5.91 Å². The van der Waals surface area contributed by atoms with Crippen LogP contribution in [0.25, 0.3) is 5.32 Å². The maximum absolute atomic E-state index is 11.5.